The quantitative estimate of drug-likeness (QED) is 0.652. The van der Waals surface area contributed by atoms with Crippen molar-refractivity contribution in [3.63, 3.8) is 0 Å². The molecule has 0 spiro atoms. The maximum atomic E-state index is 9.97. The van der Waals surface area contributed by atoms with E-state index in [0.717, 1.165) is 64.5 Å². The summed E-state index contributed by atoms with van der Waals surface area (Å²) in [5.74, 6) is 1.36. The van der Waals surface area contributed by atoms with E-state index in [2.05, 4.69) is 39.6 Å². The summed E-state index contributed by atoms with van der Waals surface area (Å²) in [6.45, 7) is 7.82. The van der Waals surface area contributed by atoms with Gasteiger partial charge in [-0.1, -0.05) is 6.42 Å². The maximum absolute atomic E-state index is 9.97. The van der Waals surface area contributed by atoms with Crippen molar-refractivity contribution in [3.05, 3.63) is 17.5 Å². The van der Waals surface area contributed by atoms with Crippen LogP contribution in [0.5, 0.6) is 0 Å². The minimum atomic E-state index is -0.155. The normalized spacial score (nSPS) is 25.9. The molecule has 128 valence electrons. The number of nitrogens with one attached hydrogen (secondary N) is 1. The molecular formula is C17H28N4OS. The zero-order chi connectivity index (χ0) is 16.1. The van der Waals surface area contributed by atoms with E-state index in [4.69, 9.17) is 4.99 Å². The molecule has 1 aliphatic heterocycles. The van der Waals surface area contributed by atoms with E-state index in [0.29, 0.717) is 5.92 Å². The molecule has 2 unspecified atom stereocenters. The average Bonchev–Trinajstić information content (AvgIpc) is 3.24. The molecule has 5 nitrogen and oxygen atoms in total. The molecule has 2 aliphatic rings. The van der Waals surface area contributed by atoms with Gasteiger partial charge in [0.25, 0.3) is 0 Å². The molecule has 0 radical (unpaired) electrons. The van der Waals surface area contributed by atoms with Crippen LogP contribution < -0.4 is 10.2 Å². The lowest BCUT2D eigenvalue weighted by molar-refractivity contribution is 0.136. The van der Waals surface area contributed by atoms with E-state index >= 15 is 0 Å². The number of hydrogen-bond acceptors (Lipinski definition) is 4. The Morgan fingerprint density at radius 2 is 2.17 bits per heavy atom. The minimum absolute atomic E-state index is 0.155. The Bertz CT molecular complexity index is 497. The van der Waals surface area contributed by atoms with Crippen LogP contribution in [0.1, 0.15) is 26.2 Å². The SMILES string of the molecule is CCNC(=NCC1CCCC1O)N1CCN(c2cccs2)CC1. The molecule has 0 bridgehead atoms. The smallest absolute Gasteiger partial charge is 0.194 e. The third-order valence-corrected chi connectivity index (χ3v) is 5.76. The highest BCUT2D eigenvalue weighted by Crippen LogP contribution is 2.26. The summed E-state index contributed by atoms with van der Waals surface area (Å²) in [5, 5.41) is 16.9. The summed E-state index contributed by atoms with van der Waals surface area (Å²) in [6.07, 6.45) is 3.03. The lowest BCUT2D eigenvalue weighted by atomic mass is 10.1. The molecule has 2 N–H and O–H groups in total. The fourth-order valence-corrected chi connectivity index (χ4v) is 4.23. The van der Waals surface area contributed by atoms with Gasteiger partial charge in [0.1, 0.15) is 0 Å². The Morgan fingerprint density at radius 1 is 1.35 bits per heavy atom. The topological polar surface area (TPSA) is 51.1 Å². The molecule has 0 aromatic carbocycles. The molecule has 2 heterocycles. The van der Waals surface area contributed by atoms with Gasteiger partial charge in [0, 0.05) is 45.2 Å². The number of thiophene rings is 1. The summed E-state index contributed by atoms with van der Waals surface area (Å²) >= 11 is 1.81. The molecule has 23 heavy (non-hydrogen) atoms. The van der Waals surface area contributed by atoms with E-state index in [9.17, 15) is 5.11 Å². The average molecular weight is 337 g/mol. The molecular weight excluding hydrogens is 308 g/mol. The highest BCUT2D eigenvalue weighted by Gasteiger charge is 2.26. The number of aliphatic hydroxyl groups excluding tert-OH is 1. The van der Waals surface area contributed by atoms with E-state index in [1.165, 1.54) is 5.00 Å². The molecule has 6 heteroatoms. The lowest BCUT2D eigenvalue weighted by Gasteiger charge is -2.37. The molecule has 1 aromatic heterocycles. The van der Waals surface area contributed by atoms with Gasteiger partial charge in [-0.3, -0.25) is 4.99 Å². The zero-order valence-electron chi connectivity index (χ0n) is 13.9. The van der Waals surface area contributed by atoms with Crippen LogP contribution in [0.2, 0.25) is 0 Å². The number of anilines is 1. The van der Waals surface area contributed by atoms with E-state index in [1.807, 2.05) is 11.3 Å². The van der Waals surface area contributed by atoms with Gasteiger partial charge in [-0.15, -0.1) is 11.3 Å². The number of aliphatic hydroxyl groups is 1. The molecule has 0 amide bonds. The molecule has 1 aliphatic carbocycles. The van der Waals surface area contributed by atoms with Crippen LogP contribution in [0.15, 0.2) is 22.5 Å². The Hall–Kier alpha value is -1.27. The van der Waals surface area contributed by atoms with Gasteiger partial charge in [-0.05, 0) is 37.3 Å². The molecule has 2 atom stereocenters. The van der Waals surface area contributed by atoms with Crippen LogP contribution in [-0.4, -0.2) is 61.3 Å². The van der Waals surface area contributed by atoms with Crippen LogP contribution >= 0.6 is 11.3 Å². The third kappa shape index (κ3) is 4.18. The van der Waals surface area contributed by atoms with Crippen molar-refractivity contribution < 1.29 is 5.11 Å². The largest absolute Gasteiger partial charge is 0.393 e. The first-order chi connectivity index (χ1) is 11.3. The fraction of sp³-hybridized carbons (Fsp3) is 0.706. The van der Waals surface area contributed by atoms with Crippen molar-refractivity contribution in [2.45, 2.75) is 32.3 Å². The van der Waals surface area contributed by atoms with Crippen molar-refractivity contribution >= 4 is 22.3 Å². The van der Waals surface area contributed by atoms with Gasteiger partial charge in [0.15, 0.2) is 5.96 Å². The third-order valence-electron chi connectivity index (χ3n) is 4.83. The van der Waals surface area contributed by atoms with Crippen molar-refractivity contribution in [1.29, 1.82) is 0 Å². The molecule has 3 rings (SSSR count). The summed E-state index contributed by atoms with van der Waals surface area (Å²) in [6, 6.07) is 4.31. The first-order valence-corrected chi connectivity index (χ1v) is 9.65. The van der Waals surface area contributed by atoms with E-state index < -0.39 is 0 Å². The second-order valence-corrected chi connectivity index (χ2v) is 7.30. The van der Waals surface area contributed by atoms with E-state index in [1.54, 1.807) is 0 Å². The highest BCUT2D eigenvalue weighted by molar-refractivity contribution is 7.14. The van der Waals surface area contributed by atoms with Crippen molar-refractivity contribution in [3.8, 4) is 0 Å². The molecule has 2 fully saturated rings. The van der Waals surface area contributed by atoms with Crippen LogP contribution in [0.25, 0.3) is 0 Å². The second-order valence-electron chi connectivity index (χ2n) is 6.38. The van der Waals surface area contributed by atoms with Crippen LogP contribution in [0, 0.1) is 5.92 Å². The summed E-state index contributed by atoms with van der Waals surface area (Å²) in [4.78, 5) is 9.62. The Morgan fingerprint density at radius 3 is 2.78 bits per heavy atom. The summed E-state index contributed by atoms with van der Waals surface area (Å²) < 4.78 is 0. The summed E-state index contributed by atoms with van der Waals surface area (Å²) in [7, 11) is 0. The maximum Gasteiger partial charge on any atom is 0.194 e. The summed E-state index contributed by atoms with van der Waals surface area (Å²) in [5.41, 5.74) is 0. The first-order valence-electron chi connectivity index (χ1n) is 8.77. The Kier molecular flexibility index (Phi) is 5.78. The number of aliphatic imine (C=N–C) groups is 1. The molecule has 1 aromatic rings. The predicted molar refractivity (Wildman–Crippen MR) is 97.4 cm³/mol. The predicted octanol–water partition coefficient (Wildman–Crippen LogP) is 2.00. The van der Waals surface area contributed by atoms with Crippen molar-refractivity contribution in [1.82, 2.24) is 10.2 Å². The van der Waals surface area contributed by atoms with Gasteiger partial charge in [0.2, 0.25) is 0 Å². The van der Waals surface area contributed by atoms with E-state index in [-0.39, 0.29) is 6.10 Å². The van der Waals surface area contributed by atoms with Gasteiger partial charge in [-0.2, -0.15) is 0 Å². The van der Waals surface area contributed by atoms with Crippen LogP contribution in [-0.2, 0) is 0 Å². The first kappa shape index (κ1) is 16.6. The van der Waals surface area contributed by atoms with Gasteiger partial charge in [0.05, 0.1) is 11.1 Å². The molecule has 1 saturated carbocycles. The number of hydrogen-bond donors (Lipinski definition) is 2. The standard InChI is InChI=1S/C17H28N4OS/c1-2-18-17(19-13-14-5-3-6-15(14)22)21-10-8-20(9-11-21)16-7-4-12-23-16/h4,7,12,14-15,22H,2-3,5-6,8-11,13H2,1H3,(H,18,19). The van der Waals surface area contributed by atoms with Gasteiger partial charge < -0.3 is 20.2 Å². The Balaban J connectivity index is 1.56. The van der Waals surface area contributed by atoms with Gasteiger partial charge >= 0.3 is 0 Å². The van der Waals surface area contributed by atoms with Crippen LogP contribution in [0.4, 0.5) is 5.00 Å². The number of guanidine groups is 1. The Labute approximate surface area is 143 Å². The minimum Gasteiger partial charge on any atom is -0.393 e. The monoisotopic (exact) mass is 336 g/mol. The number of nitrogens with zero attached hydrogens (tertiary/aromatic N) is 3. The van der Waals surface area contributed by atoms with Crippen LogP contribution in [0.3, 0.4) is 0 Å². The van der Waals surface area contributed by atoms with Crippen molar-refractivity contribution in [2.24, 2.45) is 10.9 Å². The zero-order valence-corrected chi connectivity index (χ0v) is 14.8. The lowest BCUT2D eigenvalue weighted by Crippen LogP contribution is -2.52. The molecule has 1 saturated heterocycles. The van der Waals surface area contributed by atoms with Gasteiger partial charge in [-0.25, -0.2) is 0 Å². The number of rotatable bonds is 4. The number of piperazine rings is 1. The van der Waals surface area contributed by atoms with Crippen molar-refractivity contribution in [2.75, 3.05) is 44.2 Å². The second kappa shape index (κ2) is 8.02. The highest BCUT2D eigenvalue weighted by atomic mass is 32.1. The fourth-order valence-electron chi connectivity index (χ4n) is 3.45.